The minimum atomic E-state index is -0.564. The summed E-state index contributed by atoms with van der Waals surface area (Å²) in [7, 11) is 0. The van der Waals surface area contributed by atoms with Crippen LogP contribution in [0, 0.1) is 11.3 Å². The van der Waals surface area contributed by atoms with Crippen LogP contribution in [0.2, 0.25) is 0 Å². The predicted octanol–water partition coefficient (Wildman–Crippen LogP) is 3.81. The van der Waals surface area contributed by atoms with E-state index in [1.807, 2.05) is 24.3 Å². The standard InChI is InChI=1S/C22H22N2O4/c23-11-12-26-18-6-4-17(5-7-18)24-21(25)22(9-1-2-10-22)16-3-8-19-20(15-16)28-14-13-27-19/h3-8,15H,1-2,9-10,12-14H2,(H,24,25). The van der Waals surface area contributed by atoms with Crippen molar-refractivity contribution < 1.29 is 19.0 Å². The largest absolute Gasteiger partial charge is 0.486 e. The highest BCUT2D eigenvalue weighted by Gasteiger charge is 2.43. The van der Waals surface area contributed by atoms with Crippen LogP contribution >= 0.6 is 0 Å². The smallest absolute Gasteiger partial charge is 0.235 e. The van der Waals surface area contributed by atoms with Gasteiger partial charge < -0.3 is 19.5 Å². The van der Waals surface area contributed by atoms with Crippen LogP contribution in [0.1, 0.15) is 31.2 Å². The number of benzene rings is 2. The second-order valence-corrected chi connectivity index (χ2v) is 7.07. The predicted molar refractivity (Wildman–Crippen MR) is 104 cm³/mol. The Labute approximate surface area is 164 Å². The molecule has 0 unspecified atom stereocenters. The fraction of sp³-hybridized carbons (Fsp3) is 0.364. The molecule has 2 aliphatic rings. The van der Waals surface area contributed by atoms with Crippen LogP contribution in [0.25, 0.3) is 0 Å². The first kappa shape index (κ1) is 18.2. The molecule has 0 bridgehead atoms. The number of carbonyl (C=O) groups is 1. The Kier molecular flexibility index (Phi) is 5.07. The number of hydrogen-bond acceptors (Lipinski definition) is 5. The van der Waals surface area contributed by atoms with Crippen molar-refractivity contribution in [3.05, 3.63) is 48.0 Å². The summed E-state index contributed by atoms with van der Waals surface area (Å²) in [4.78, 5) is 13.3. The summed E-state index contributed by atoms with van der Waals surface area (Å²) < 4.78 is 16.6. The van der Waals surface area contributed by atoms with Crippen LogP contribution in [-0.2, 0) is 10.2 Å². The summed E-state index contributed by atoms with van der Waals surface area (Å²) in [6.45, 7) is 1.07. The van der Waals surface area contributed by atoms with Gasteiger partial charge in [-0.3, -0.25) is 4.79 Å². The highest BCUT2D eigenvalue weighted by atomic mass is 16.6. The third-order valence-corrected chi connectivity index (χ3v) is 5.40. The lowest BCUT2D eigenvalue weighted by molar-refractivity contribution is -0.121. The minimum absolute atomic E-state index is 0.00106. The van der Waals surface area contributed by atoms with Crippen molar-refractivity contribution in [2.24, 2.45) is 0 Å². The first-order valence-corrected chi connectivity index (χ1v) is 9.53. The molecular weight excluding hydrogens is 356 g/mol. The lowest BCUT2D eigenvalue weighted by Crippen LogP contribution is -2.38. The summed E-state index contributed by atoms with van der Waals surface area (Å²) in [5.41, 5.74) is 1.12. The number of ether oxygens (including phenoxy) is 3. The van der Waals surface area contributed by atoms with Gasteiger partial charge in [-0.2, -0.15) is 5.26 Å². The molecule has 1 saturated carbocycles. The molecule has 144 valence electrons. The number of nitrogens with zero attached hydrogens (tertiary/aromatic N) is 1. The lowest BCUT2D eigenvalue weighted by Gasteiger charge is -2.30. The molecule has 1 N–H and O–H groups in total. The van der Waals surface area contributed by atoms with Crippen molar-refractivity contribution in [2.75, 3.05) is 25.1 Å². The monoisotopic (exact) mass is 378 g/mol. The molecule has 6 heteroatoms. The summed E-state index contributed by atoms with van der Waals surface area (Å²) in [6, 6.07) is 14.8. The van der Waals surface area contributed by atoms with Gasteiger partial charge in [-0.15, -0.1) is 0 Å². The van der Waals surface area contributed by atoms with Crippen LogP contribution in [-0.4, -0.2) is 25.7 Å². The van der Waals surface area contributed by atoms with E-state index in [1.165, 1.54) is 0 Å². The zero-order valence-electron chi connectivity index (χ0n) is 15.6. The minimum Gasteiger partial charge on any atom is -0.486 e. The number of fused-ring (bicyclic) bond motifs is 1. The van der Waals surface area contributed by atoms with Gasteiger partial charge in [0.2, 0.25) is 5.91 Å². The molecule has 0 spiro atoms. The third kappa shape index (κ3) is 3.48. The van der Waals surface area contributed by atoms with Gasteiger partial charge in [0.05, 0.1) is 5.41 Å². The van der Waals surface area contributed by atoms with E-state index < -0.39 is 5.41 Å². The summed E-state index contributed by atoms with van der Waals surface area (Å²) in [6.07, 6.45) is 3.65. The van der Waals surface area contributed by atoms with Crippen molar-refractivity contribution in [1.29, 1.82) is 5.26 Å². The fourth-order valence-electron chi connectivity index (χ4n) is 3.97. The second-order valence-electron chi connectivity index (χ2n) is 7.07. The van der Waals surface area contributed by atoms with Crippen LogP contribution in [0.15, 0.2) is 42.5 Å². The van der Waals surface area contributed by atoms with Crippen molar-refractivity contribution in [1.82, 2.24) is 0 Å². The number of nitriles is 1. The number of hydrogen-bond donors (Lipinski definition) is 1. The number of carbonyl (C=O) groups excluding carboxylic acids is 1. The zero-order chi connectivity index (χ0) is 19.4. The molecule has 0 atom stereocenters. The van der Waals surface area contributed by atoms with Crippen molar-refractivity contribution in [3.63, 3.8) is 0 Å². The van der Waals surface area contributed by atoms with Gasteiger partial charge in [0.25, 0.3) is 0 Å². The Morgan fingerprint density at radius 3 is 2.50 bits per heavy atom. The van der Waals surface area contributed by atoms with Gasteiger partial charge in [0.1, 0.15) is 25.0 Å². The molecule has 1 amide bonds. The molecule has 2 aromatic rings. The summed E-state index contributed by atoms with van der Waals surface area (Å²) >= 11 is 0. The topological polar surface area (TPSA) is 80.6 Å². The maximum atomic E-state index is 13.3. The van der Waals surface area contributed by atoms with Crippen LogP contribution < -0.4 is 19.5 Å². The third-order valence-electron chi connectivity index (χ3n) is 5.40. The Morgan fingerprint density at radius 1 is 1.07 bits per heavy atom. The van der Waals surface area contributed by atoms with E-state index in [9.17, 15) is 4.79 Å². The quantitative estimate of drug-likeness (QED) is 0.856. The zero-order valence-corrected chi connectivity index (χ0v) is 15.6. The molecule has 2 aromatic carbocycles. The van der Waals surface area contributed by atoms with Gasteiger partial charge in [-0.05, 0) is 54.8 Å². The molecule has 1 aliphatic carbocycles. The molecule has 0 aromatic heterocycles. The van der Waals surface area contributed by atoms with E-state index in [0.29, 0.717) is 30.4 Å². The SMILES string of the molecule is N#CCOc1ccc(NC(=O)C2(c3ccc4c(c3)OCCO4)CCCC2)cc1. The molecule has 1 fully saturated rings. The Hall–Kier alpha value is -3.20. The van der Waals surface area contributed by atoms with Crippen LogP contribution in [0.3, 0.4) is 0 Å². The average Bonchev–Trinajstić information content (AvgIpc) is 3.24. The molecule has 0 saturated heterocycles. The lowest BCUT2D eigenvalue weighted by atomic mass is 9.77. The molecule has 1 aliphatic heterocycles. The second kappa shape index (κ2) is 7.81. The maximum absolute atomic E-state index is 13.3. The normalized spacial score (nSPS) is 16.8. The van der Waals surface area contributed by atoms with Gasteiger partial charge in [0.15, 0.2) is 18.1 Å². The number of anilines is 1. The van der Waals surface area contributed by atoms with Crippen molar-refractivity contribution >= 4 is 11.6 Å². The highest BCUT2D eigenvalue weighted by molar-refractivity contribution is 5.99. The Morgan fingerprint density at radius 2 is 1.79 bits per heavy atom. The molecular formula is C22H22N2O4. The van der Waals surface area contributed by atoms with E-state index in [4.69, 9.17) is 19.5 Å². The highest BCUT2D eigenvalue weighted by Crippen LogP contribution is 2.45. The number of rotatable bonds is 5. The van der Waals surface area contributed by atoms with E-state index in [0.717, 1.165) is 37.0 Å². The van der Waals surface area contributed by atoms with Crippen molar-refractivity contribution in [3.8, 4) is 23.3 Å². The Bertz CT molecular complexity index is 896. The molecule has 28 heavy (non-hydrogen) atoms. The maximum Gasteiger partial charge on any atom is 0.235 e. The van der Waals surface area contributed by atoms with Crippen molar-refractivity contribution in [2.45, 2.75) is 31.1 Å². The Balaban J connectivity index is 1.55. The van der Waals surface area contributed by atoms with Gasteiger partial charge >= 0.3 is 0 Å². The number of amides is 1. The summed E-state index contributed by atoms with van der Waals surface area (Å²) in [5.74, 6) is 2.03. The molecule has 1 heterocycles. The van der Waals surface area contributed by atoms with E-state index in [1.54, 1.807) is 24.3 Å². The van der Waals surface area contributed by atoms with Gasteiger partial charge in [0, 0.05) is 5.69 Å². The van der Waals surface area contributed by atoms with Crippen LogP contribution in [0.5, 0.6) is 17.2 Å². The van der Waals surface area contributed by atoms with Gasteiger partial charge in [-0.25, -0.2) is 0 Å². The van der Waals surface area contributed by atoms with E-state index in [2.05, 4.69) is 5.32 Å². The number of nitrogens with one attached hydrogen (secondary N) is 1. The average molecular weight is 378 g/mol. The molecule has 0 radical (unpaired) electrons. The molecule has 4 rings (SSSR count). The van der Waals surface area contributed by atoms with E-state index in [-0.39, 0.29) is 12.5 Å². The van der Waals surface area contributed by atoms with E-state index >= 15 is 0 Å². The van der Waals surface area contributed by atoms with Gasteiger partial charge in [-0.1, -0.05) is 18.9 Å². The first-order valence-electron chi connectivity index (χ1n) is 9.53. The molecule has 6 nitrogen and oxygen atoms in total. The first-order chi connectivity index (χ1) is 13.7. The van der Waals surface area contributed by atoms with Crippen LogP contribution in [0.4, 0.5) is 5.69 Å². The fourth-order valence-corrected chi connectivity index (χ4v) is 3.97. The summed E-state index contributed by atoms with van der Waals surface area (Å²) in [5, 5.41) is 11.6.